The second-order valence-corrected chi connectivity index (χ2v) is 6.16. The Kier molecular flexibility index (Phi) is 14.7. The predicted octanol–water partition coefficient (Wildman–Crippen LogP) is 6.25. The number of carbonyl (C=O) groups excluding carboxylic acids is 1. The number of rotatable bonds is 15. The van der Waals surface area contributed by atoms with Gasteiger partial charge in [0.1, 0.15) is 0 Å². The first-order valence-corrected chi connectivity index (χ1v) is 8.83. The molecule has 0 aliphatic rings. The fraction of sp³-hybridized carbons (Fsp3) is 0.944. The molecule has 0 saturated heterocycles. The zero-order chi connectivity index (χ0) is 15.1. The van der Waals surface area contributed by atoms with E-state index in [2.05, 4.69) is 13.8 Å². The van der Waals surface area contributed by atoms with Crippen LogP contribution in [0, 0.1) is 5.92 Å². The number of hydrogen-bond donors (Lipinski definition) is 0. The van der Waals surface area contributed by atoms with E-state index < -0.39 is 6.17 Å². The Bertz CT molecular complexity index is 206. The van der Waals surface area contributed by atoms with Gasteiger partial charge in [-0.3, -0.25) is 0 Å². The van der Waals surface area contributed by atoms with Crippen LogP contribution in [0.3, 0.4) is 0 Å². The zero-order valence-electron chi connectivity index (χ0n) is 13.7. The molecule has 0 aromatic carbocycles. The molecule has 2 heteroatoms. The van der Waals surface area contributed by atoms with Gasteiger partial charge in [0.05, 0.1) is 0 Å². The maximum Gasteiger partial charge on any atom is 0.155 e. The van der Waals surface area contributed by atoms with Crippen molar-refractivity contribution >= 4 is 6.29 Å². The molecule has 0 radical (unpaired) electrons. The summed E-state index contributed by atoms with van der Waals surface area (Å²) in [6.07, 6.45) is 14.6. The molecule has 0 aliphatic carbocycles. The van der Waals surface area contributed by atoms with Crippen LogP contribution in [0.2, 0.25) is 0 Å². The van der Waals surface area contributed by atoms with E-state index in [1.54, 1.807) is 0 Å². The van der Waals surface area contributed by atoms with Crippen LogP contribution in [0.25, 0.3) is 0 Å². The van der Waals surface area contributed by atoms with Crippen molar-refractivity contribution in [3.63, 3.8) is 0 Å². The summed E-state index contributed by atoms with van der Waals surface area (Å²) in [5.41, 5.74) is 0. The summed E-state index contributed by atoms with van der Waals surface area (Å²) < 4.78 is 13.3. The summed E-state index contributed by atoms with van der Waals surface area (Å²) in [5, 5.41) is 0. The van der Waals surface area contributed by atoms with Crippen molar-refractivity contribution in [1.82, 2.24) is 0 Å². The van der Waals surface area contributed by atoms with E-state index in [0.717, 1.165) is 12.8 Å². The molecule has 0 amide bonds. The molecule has 20 heavy (non-hydrogen) atoms. The second-order valence-electron chi connectivity index (χ2n) is 6.16. The summed E-state index contributed by atoms with van der Waals surface area (Å²) in [5.74, 6) is 0.415. The first-order valence-electron chi connectivity index (χ1n) is 8.83. The Labute approximate surface area is 125 Å². The van der Waals surface area contributed by atoms with Crippen LogP contribution < -0.4 is 0 Å². The van der Waals surface area contributed by atoms with Gasteiger partial charge in [0.25, 0.3) is 0 Å². The third kappa shape index (κ3) is 12.6. The lowest BCUT2D eigenvalue weighted by atomic mass is 9.90. The SMILES string of the molecule is CCCCCCCCC(CCCCCC)CC(F)C=O. The first-order chi connectivity index (χ1) is 9.74. The number of hydrogen-bond acceptors (Lipinski definition) is 1. The molecule has 0 rings (SSSR count). The van der Waals surface area contributed by atoms with Crippen molar-refractivity contribution in [3.8, 4) is 0 Å². The Morgan fingerprint density at radius 2 is 1.25 bits per heavy atom. The number of aldehydes is 1. The van der Waals surface area contributed by atoms with Crippen LogP contribution in [-0.4, -0.2) is 12.5 Å². The van der Waals surface area contributed by atoms with Gasteiger partial charge in [-0.15, -0.1) is 0 Å². The van der Waals surface area contributed by atoms with Crippen LogP contribution in [0.5, 0.6) is 0 Å². The van der Waals surface area contributed by atoms with Crippen LogP contribution in [0.1, 0.15) is 97.3 Å². The summed E-state index contributed by atoms with van der Waals surface area (Å²) >= 11 is 0. The summed E-state index contributed by atoms with van der Waals surface area (Å²) in [6.45, 7) is 4.44. The lowest BCUT2D eigenvalue weighted by Gasteiger charge is -2.17. The fourth-order valence-electron chi connectivity index (χ4n) is 2.83. The summed E-state index contributed by atoms with van der Waals surface area (Å²) in [6, 6.07) is 0. The summed E-state index contributed by atoms with van der Waals surface area (Å²) in [4.78, 5) is 10.5. The topological polar surface area (TPSA) is 17.1 Å². The molecule has 0 aromatic rings. The standard InChI is InChI=1S/C18H35FO/c1-3-5-7-9-10-12-14-17(15-18(19)16-20)13-11-8-6-4-2/h16-18H,3-15H2,1-2H3. The largest absolute Gasteiger partial charge is 0.300 e. The number of alkyl halides is 1. The molecule has 0 aliphatic heterocycles. The minimum Gasteiger partial charge on any atom is -0.300 e. The fourth-order valence-corrected chi connectivity index (χ4v) is 2.83. The van der Waals surface area contributed by atoms with Crippen molar-refractivity contribution in [2.45, 2.75) is 103 Å². The molecule has 2 unspecified atom stereocenters. The molecule has 0 aromatic heterocycles. The Morgan fingerprint density at radius 3 is 1.75 bits per heavy atom. The van der Waals surface area contributed by atoms with Crippen LogP contribution in [-0.2, 0) is 4.79 Å². The van der Waals surface area contributed by atoms with Gasteiger partial charge >= 0.3 is 0 Å². The molecule has 0 bridgehead atoms. The first kappa shape index (κ1) is 19.6. The molecule has 0 spiro atoms. The maximum atomic E-state index is 13.3. The summed E-state index contributed by atoms with van der Waals surface area (Å²) in [7, 11) is 0. The van der Waals surface area contributed by atoms with Crippen LogP contribution in [0.15, 0.2) is 0 Å². The highest BCUT2D eigenvalue weighted by Crippen LogP contribution is 2.23. The third-order valence-electron chi connectivity index (χ3n) is 4.14. The highest BCUT2D eigenvalue weighted by atomic mass is 19.1. The van der Waals surface area contributed by atoms with Gasteiger partial charge < -0.3 is 4.79 Å². The second kappa shape index (κ2) is 15.0. The quantitative estimate of drug-likeness (QED) is 0.257. The minimum absolute atomic E-state index is 0.415. The van der Waals surface area contributed by atoms with Crippen LogP contribution >= 0.6 is 0 Å². The predicted molar refractivity (Wildman–Crippen MR) is 85.8 cm³/mol. The Balaban J connectivity index is 3.76. The van der Waals surface area contributed by atoms with Crippen molar-refractivity contribution in [1.29, 1.82) is 0 Å². The molecule has 0 fully saturated rings. The monoisotopic (exact) mass is 286 g/mol. The smallest absolute Gasteiger partial charge is 0.155 e. The van der Waals surface area contributed by atoms with E-state index in [4.69, 9.17) is 0 Å². The molecule has 1 nitrogen and oxygen atoms in total. The highest BCUT2D eigenvalue weighted by molar-refractivity contribution is 5.55. The molecule has 120 valence electrons. The van der Waals surface area contributed by atoms with Gasteiger partial charge in [-0.05, 0) is 12.3 Å². The maximum absolute atomic E-state index is 13.3. The lowest BCUT2D eigenvalue weighted by molar-refractivity contribution is -0.112. The number of halogens is 1. The van der Waals surface area contributed by atoms with E-state index in [9.17, 15) is 9.18 Å². The number of unbranched alkanes of at least 4 members (excludes halogenated alkanes) is 8. The number of carbonyl (C=O) groups is 1. The zero-order valence-corrected chi connectivity index (χ0v) is 13.7. The van der Waals surface area contributed by atoms with Crippen LogP contribution in [0.4, 0.5) is 4.39 Å². The highest BCUT2D eigenvalue weighted by Gasteiger charge is 2.14. The minimum atomic E-state index is -1.24. The van der Waals surface area contributed by atoms with Gasteiger partial charge in [-0.2, -0.15) is 0 Å². The van der Waals surface area contributed by atoms with Crippen molar-refractivity contribution in [3.05, 3.63) is 0 Å². The van der Waals surface area contributed by atoms with Gasteiger partial charge in [0.15, 0.2) is 12.5 Å². The Hall–Kier alpha value is -0.400. The van der Waals surface area contributed by atoms with Gasteiger partial charge in [0.2, 0.25) is 0 Å². The molecule has 2 atom stereocenters. The van der Waals surface area contributed by atoms with E-state index in [0.29, 0.717) is 18.6 Å². The van der Waals surface area contributed by atoms with Gasteiger partial charge in [-0.1, -0.05) is 90.9 Å². The average molecular weight is 286 g/mol. The molecule has 0 heterocycles. The normalized spacial score (nSPS) is 14.2. The van der Waals surface area contributed by atoms with Gasteiger partial charge in [0, 0.05) is 0 Å². The van der Waals surface area contributed by atoms with E-state index in [-0.39, 0.29) is 0 Å². The van der Waals surface area contributed by atoms with E-state index in [1.807, 2.05) is 0 Å². The lowest BCUT2D eigenvalue weighted by Crippen LogP contribution is -2.11. The Morgan fingerprint density at radius 1 is 0.800 bits per heavy atom. The molecular formula is C18H35FO. The average Bonchev–Trinajstić information content (AvgIpc) is 2.46. The molecular weight excluding hydrogens is 251 g/mol. The van der Waals surface area contributed by atoms with E-state index in [1.165, 1.54) is 64.2 Å². The van der Waals surface area contributed by atoms with Crippen molar-refractivity contribution < 1.29 is 9.18 Å². The van der Waals surface area contributed by atoms with Gasteiger partial charge in [-0.25, -0.2) is 4.39 Å². The van der Waals surface area contributed by atoms with Crippen molar-refractivity contribution in [2.75, 3.05) is 0 Å². The van der Waals surface area contributed by atoms with E-state index >= 15 is 0 Å². The molecule has 0 N–H and O–H groups in total. The third-order valence-corrected chi connectivity index (χ3v) is 4.14. The molecule has 0 saturated carbocycles. The van der Waals surface area contributed by atoms with Crippen molar-refractivity contribution in [2.24, 2.45) is 5.92 Å².